The Labute approximate surface area is 545 Å². The Morgan fingerprint density at radius 1 is 0.402 bits per heavy atom. The predicted octanol–water partition coefficient (Wildman–Crippen LogP) is 25.4. The van der Waals surface area contributed by atoms with Crippen LogP contribution in [0.5, 0.6) is 5.75 Å². The predicted molar refractivity (Wildman–Crippen MR) is 397 cm³/mol. The van der Waals surface area contributed by atoms with Crippen molar-refractivity contribution in [1.29, 1.82) is 0 Å². The largest absolute Gasteiger partial charge is 0.488 e. The van der Waals surface area contributed by atoms with Crippen molar-refractivity contribution in [2.75, 3.05) is 14.7 Å². The van der Waals surface area contributed by atoms with Gasteiger partial charge in [-0.3, -0.25) is 0 Å². The molecular formula is C85H67N3O2S2. The lowest BCUT2D eigenvalue weighted by molar-refractivity contribution is 0.107. The third kappa shape index (κ3) is 11.3. The van der Waals surface area contributed by atoms with E-state index < -0.39 is 0 Å². The molecule has 0 amide bonds. The smallest absolute Gasteiger partial charge is 0.122 e. The lowest BCUT2D eigenvalue weighted by atomic mass is 9.98. The maximum Gasteiger partial charge on any atom is 0.122 e. The molecule has 0 radical (unpaired) electrons. The van der Waals surface area contributed by atoms with Gasteiger partial charge in [0.25, 0.3) is 0 Å². The SMILES string of the molecule is C=Cc1ccc(COCc2ccc(N(c3ccc(/C=C/C)cc3)c3cccc4c3sc3cccc(N(c5ccc6c(ccc7cc(N(c8ccccc8)c8cccc(OC(C)(C)C)c8)ccc76)c5)c5ccc(-c6ccccc6)c6sc7ccccc7c56)c34)cc2)cc1. The lowest BCUT2D eigenvalue weighted by Crippen LogP contribution is -2.23. The Hall–Kier alpha value is -10.5. The molecule has 15 rings (SSSR count). The third-order valence-corrected chi connectivity index (χ3v) is 19.5. The summed E-state index contributed by atoms with van der Waals surface area (Å²) in [6.07, 6.45) is 6.11. The first-order chi connectivity index (χ1) is 45.1. The summed E-state index contributed by atoms with van der Waals surface area (Å²) in [6, 6.07) is 102. The van der Waals surface area contributed by atoms with Crippen LogP contribution in [0.2, 0.25) is 0 Å². The van der Waals surface area contributed by atoms with E-state index in [9.17, 15) is 0 Å². The van der Waals surface area contributed by atoms with Crippen LogP contribution in [0.25, 0.3) is 85.2 Å². The molecule has 0 aliphatic rings. The van der Waals surface area contributed by atoms with Gasteiger partial charge in [0.1, 0.15) is 11.4 Å². The van der Waals surface area contributed by atoms with Crippen molar-refractivity contribution in [2.45, 2.75) is 46.5 Å². The van der Waals surface area contributed by atoms with Crippen LogP contribution in [0.15, 0.2) is 292 Å². The molecule has 0 saturated heterocycles. The number of thiophene rings is 2. The van der Waals surface area contributed by atoms with Crippen molar-refractivity contribution >= 4 is 148 Å². The minimum absolute atomic E-state index is 0.333. The normalized spacial score (nSPS) is 11.8. The van der Waals surface area contributed by atoms with Gasteiger partial charge >= 0.3 is 0 Å². The number of para-hydroxylation sites is 1. The van der Waals surface area contributed by atoms with Gasteiger partial charge in [-0.2, -0.15) is 0 Å². The average molecular weight is 1230 g/mol. The monoisotopic (exact) mass is 1230 g/mol. The zero-order chi connectivity index (χ0) is 62.3. The second-order valence-electron chi connectivity index (χ2n) is 24.3. The molecule has 5 nitrogen and oxygen atoms in total. The van der Waals surface area contributed by atoms with E-state index in [0.717, 1.165) is 90.0 Å². The molecule has 2 heterocycles. The van der Waals surface area contributed by atoms with Crippen molar-refractivity contribution in [3.8, 4) is 16.9 Å². The van der Waals surface area contributed by atoms with Gasteiger partial charge in [-0.1, -0.05) is 195 Å². The summed E-state index contributed by atoms with van der Waals surface area (Å²) in [4.78, 5) is 7.28. The zero-order valence-corrected chi connectivity index (χ0v) is 53.5. The first-order valence-electron chi connectivity index (χ1n) is 31.4. The molecule has 0 saturated carbocycles. The van der Waals surface area contributed by atoms with Gasteiger partial charge in [-0.15, -0.1) is 22.7 Å². The van der Waals surface area contributed by atoms with Crippen LogP contribution in [-0.2, 0) is 18.0 Å². The standard InChI is InChI=1S/C85H67N3O2S2/c1-6-19-58-36-42-65(43-37-58)87(66-44-38-60(39-45-66)56-89-55-59-34-32-57(7-2)33-35-59)78-29-17-27-75-81-76(28-18-31-80(81)92-83(75)78)88(77-51-50-73(61-20-10-8-11-21-61)84-82(77)74-26-14-15-30-79(74)91-84)69-47-49-72-63(53-69)41-40-62-52-68(46-48-71(62)72)86(64-22-12-9-13-23-64)67-24-16-25-70(54-67)90-85(3,4)5/h6-54H,2,55-56H2,1,3-5H3/b19-6+. The van der Waals surface area contributed by atoms with Gasteiger partial charge in [-0.05, 0) is 186 Å². The van der Waals surface area contributed by atoms with Crippen molar-refractivity contribution in [1.82, 2.24) is 0 Å². The minimum atomic E-state index is -0.333. The van der Waals surface area contributed by atoms with E-state index in [-0.39, 0.29) is 5.60 Å². The molecule has 0 aliphatic heterocycles. The maximum atomic E-state index is 6.40. The molecule has 0 atom stereocenters. The highest BCUT2D eigenvalue weighted by Gasteiger charge is 2.27. The summed E-state index contributed by atoms with van der Waals surface area (Å²) < 4.78 is 17.6. The van der Waals surface area contributed by atoms with Gasteiger partial charge in [0, 0.05) is 75.8 Å². The molecule has 0 fully saturated rings. The van der Waals surface area contributed by atoms with E-state index in [2.05, 4.69) is 334 Å². The van der Waals surface area contributed by atoms with E-state index in [4.69, 9.17) is 9.47 Å². The molecule has 2 aromatic heterocycles. The minimum Gasteiger partial charge on any atom is -0.488 e. The van der Waals surface area contributed by atoms with Crippen molar-refractivity contribution in [3.05, 3.63) is 314 Å². The molecule has 0 spiro atoms. The van der Waals surface area contributed by atoms with Gasteiger partial charge in [0.2, 0.25) is 0 Å². The van der Waals surface area contributed by atoms with E-state index in [1.807, 2.05) is 34.8 Å². The van der Waals surface area contributed by atoms with Gasteiger partial charge in [-0.25, -0.2) is 0 Å². The van der Waals surface area contributed by atoms with Crippen molar-refractivity contribution in [2.24, 2.45) is 0 Å². The Morgan fingerprint density at radius 3 is 1.63 bits per heavy atom. The second kappa shape index (κ2) is 24.7. The van der Waals surface area contributed by atoms with Crippen LogP contribution < -0.4 is 19.4 Å². The Morgan fingerprint density at radius 2 is 0.935 bits per heavy atom. The van der Waals surface area contributed by atoms with E-state index >= 15 is 0 Å². The number of fused-ring (bicyclic) bond motifs is 9. The Balaban J connectivity index is 0.882. The van der Waals surface area contributed by atoms with Crippen LogP contribution in [0.1, 0.15) is 49.9 Å². The van der Waals surface area contributed by atoms with Crippen LogP contribution in [0.4, 0.5) is 51.2 Å². The zero-order valence-electron chi connectivity index (χ0n) is 51.9. The number of anilines is 9. The topological polar surface area (TPSA) is 28.2 Å². The summed E-state index contributed by atoms with van der Waals surface area (Å²) in [5.74, 6) is 0.831. The highest BCUT2D eigenvalue weighted by Crippen LogP contribution is 2.53. The molecule has 0 aliphatic carbocycles. The molecule has 446 valence electrons. The number of hydrogen-bond donors (Lipinski definition) is 0. The fourth-order valence-electron chi connectivity index (χ4n) is 12.9. The van der Waals surface area contributed by atoms with Gasteiger partial charge in [0.15, 0.2) is 0 Å². The Bertz CT molecular complexity index is 5240. The van der Waals surface area contributed by atoms with Gasteiger partial charge < -0.3 is 24.2 Å². The molecule has 0 bridgehead atoms. The second-order valence-corrected chi connectivity index (χ2v) is 26.4. The summed E-state index contributed by atoms with van der Waals surface area (Å²) in [5.41, 5.74) is 16.3. The molecule has 13 aromatic carbocycles. The third-order valence-electron chi connectivity index (χ3n) is 17.1. The quantitative estimate of drug-likeness (QED) is 0.0848. The van der Waals surface area contributed by atoms with E-state index in [0.29, 0.717) is 13.2 Å². The van der Waals surface area contributed by atoms with Crippen molar-refractivity contribution < 1.29 is 9.47 Å². The summed E-state index contributed by atoms with van der Waals surface area (Å²) >= 11 is 3.73. The fourth-order valence-corrected chi connectivity index (χ4v) is 15.4. The van der Waals surface area contributed by atoms with E-state index in [1.165, 1.54) is 62.2 Å². The highest BCUT2D eigenvalue weighted by molar-refractivity contribution is 7.27. The number of nitrogens with zero attached hydrogens (tertiary/aromatic N) is 3. The number of hydrogen-bond acceptors (Lipinski definition) is 7. The maximum absolute atomic E-state index is 6.40. The number of rotatable bonds is 17. The molecule has 7 heteroatoms. The molecule has 0 N–H and O–H groups in total. The number of benzene rings is 13. The Kier molecular flexibility index (Phi) is 15.5. The van der Waals surface area contributed by atoms with Crippen LogP contribution in [0.3, 0.4) is 0 Å². The number of allylic oxidation sites excluding steroid dienone is 1. The average Bonchev–Trinajstić information content (AvgIpc) is 1.49. The molecule has 92 heavy (non-hydrogen) atoms. The van der Waals surface area contributed by atoms with Crippen LogP contribution in [-0.4, -0.2) is 5.60 Å². The van der Waals surface area contributed by atoms with Crippen LogP contribution in [0, 0.1) is 0 Å². The first kappa shape index (κ1) is 57.9. The summed E-state index contributed by atoms with van der Waals surface area (Å²) in [5, 5.41) is 9.56. The summed E-state index contributed by atoms with van der Waals surface area (Å²) in [6.45, 7) is 13.3. The summed E-state index contributed by atoms with van der Waals surface area (Å²) in [7, 11) is 0. The molecule has 0 unspecified atom stereocenters. The van der Waals surface area contributed by atoms with E-state index in [1.54, 1.807) is 0 Å². The number of ether oxygens (including phenoxy) is 2. The molecule has 15 aromatic rings. The fraction of sp³-hybridized carbons (Fsp3) is 0.0824. The van der Waals surface area contributed by atoms with Crippen LogP contribution >= 0.6 is 22.7 Å². The highest BCUT2D eigenvalue weighted by atomic mass is 32.1. The van der Waals surface area contributed by atoms with Gasteiger partial charge in [0.05, 0.1) is 35.0 Å². The lowest BCUT2D eigenvalue weighted by Gasteiger charge is -2.29. The van der Waals surface area contributed by atoms with Crippen molar-refractivity contribution in [3.63, 3.8) is 0 Å². The molecular weight excluding hydrogens is 1160 g/mol. The first-order valence-corrected chi connectivity index (χ1v) is 33.0.